The Balaban J connectivity index is 2.97. The molecule has 0 saturated carbocycles. The highest BCUT2D eigenvalue weighted by Gasteiger charge is 2.29. The molecule has 0 radical (unpaired) electrons. The lowest BCUT2D eigenvalue weighted by Gasteiger charge is -2.25. The van der Waals surface area contributed by atoms with Crippen molar-refractivity contribution in [2.24, 2.45) is 0 Å². The van der Waals surface area contributed by atoms with Gasteiger partial charge in [-0.2, -0.15) is 0 Å². The van der Waals surface area contributed by atoms with E-state index in [9.17, 15) is 5.11 Å². The zero-order valence-electron chi connectivity index (χ0n) is 9.19. The molecule has 0 aliphatic rings. The quantitative estimate of drug-likeness (QED) is 0.781. The number of hydrogen-bond donors (Lipinski definition) is 1. The van der Waals surface area contributed by atoms with Gasteiger partial charge in [0.1, 0.15) is 5.60 Å². The summed E-state index contributed by atoms with van der Waals surface area (Å²) >= 11 is 0. The predicted molar refractivity (Wildman–Crippen MR) is 54.8 cm³/mol. The topological polar surface area (TPSA) is 50.9 Å². The molecule has 0 amide bonds. The Labute approximate surface area is 84.9 Å². The van der Waals surface area contributed by atoms with Crippen LogP contribution in [0.4, 0.5) is 0 Å². The molecule has 80 valence electrons. The second-order valence-electron chi connectivity index (χ2n) is 3.58. The van der Waals surface area contributed by atoms with Crippen molar-refractivity contribution in [3.63, 3.8) is 0 Å². The number of aromatic nitrogens is 3. The van der Waals surface area contributed by atoms with Gasteiger partial charge in [-0.25, -0.2) is 4.68 Å². The molecule has 4 heteroatoms. The fourth-order valence-electron chi connectivity index (χ4n) is 1.61. The van der Waals surface area contributed by atoms with Crippen molar-refractivity contribution < 1.29 is 5.11 Å². The lowest BCUT2D eigenvalue weighted by atomic mass is 9.94. The van der Waals surface area contributed by atoms with E-state index in [2.05, 4.69) is 17.2 Å². The van der Waals surface area contributed by atoms with Crippen LogP contribution in [0.15, 0.2) is 6.20 Å². The summed E-state index contributed by atoms with van der Waals surface area (Å²) in [4.78, 5) is 0. The number of aliphatic hydroxyl groups is 1. The fourth-order valence-corrected chi connectivity index (χ4v) is 1.61. The third-order valence-corrected chi connectivity index (χ3v) is 2.70. The van der Waals surface area contributed by atoms with Crippen molar-refractivity contribution >= 4 is 0 Å². The molecule has 1 rings (SSSR count). The highest BCUT2D eigenvalue weighted by molar-refractivity contribution is 5.07. The molecule has 0 spiro atoms. The lowest BCUT2D eigenvalue weighted by molar-refractivity contribution is 0.0192. The number of nitrogens with zero attached hydrogens (tertiary/aromatic N) is 3. The summed E-state index contributed by atoms with van der Waals surface area (Å²) in [6.45, 7) is 6.86. The Bertz CT molecular complexity index is 279. The Kier molecular flexibility index (Phi) is 3.63. The van der Waals surface area contributed by atoms with Gasteiger partial charge >= 0.3 is 0 Å². The molecule has 0 aromatic carbocycles. The van der Waals surface area contributed by atoms with Crippen LogP contribution in [0.1, 0.15) is 45.7 Å². The Morgan fingerprint density at radius 2 is 2.00 bits per heavy atom. The molecule has 14 heavy (non-hydrogen) atoms. The first-order valence-corrected chi connectivity index (χ1v) is 5.29. The van der Waals surface area contributed by atoms with E-state index in [0.717, 1.165) is 18.7 Å². The molecule has 4 nitrogen and oxygen atoms in total. The molecule has 0 saturated heterocycles. The van der Waals surface area contributed by atoms with Gasteiger partial charge in [0, 0.05) is 6.54 Å². The summed E-state index contributed by atoms with van der Waals surface area (Å²) < 4.78 is 1.80. The Hall–Kier alpha value is -0.900. The van der Waals surface area contributed by atoms with Crippen LogP contribution in [0.5, 0.6) is 0 Å². The van der Waals surface area contributed by atoms with Crippen LogP contribution < -0.4 is 0 Å². The molecular weight excluding hydrogens is 178 g/mol. The third-order valence-electron chi connectivity index (χ3n) is 2.70. The van der Waals surface area contributed by atoms with E-state index < -0.39 is 5.60 Å². The molecule has 1 aromatic rings. The maximum Gasteiger partial charge on any atom is 0.107 e. The van der Waals surface area contributed by atoms with Crippen molar-refractivity contribution in [3.05, 3.63) is 11.9 Å². The summed E-state index contributed by atoms with van der Waals surface area (Å²) in [5.41, 5.74) is 0.0722. The third kappa shape index (κ3) is 1.95. The van der Waals surface area contributed by atoms with Crippen LogP contribution >= 0.6 is 0 Å². The van der Waals surface area contributed by atoms with Gasteiger partial charge in [-0.15, -0.1) is 5.10 Å². The summed E-state index contributed by atoms with van der Waals surface area (Å²) in [5.74, 6) is 0. The van der Waals surface area contributed by atoms with Gasteiger partial charge in [-0.05, 0) is 19.3 Å². The van der Waals surface area contributed by atoms with Crippen LogP contribution in [-0.4, -0.2) is 20.1 Å². The largest absolute Gasteiger partial charge is 0.384 e. The molecule has 1 N–H and O–H groups in total. The number of rotatable bonds is 5. The van der Waals surface area contributed by atoms with Crippen LogP contribution in [0.25, 0.3) is 0 Å². The van der Waals surface area contributed by atoms with Gasteiger partial charge in [0.05, 0.1) is 11.9 Å². The van der Waals surface area contributed by atoms with Crippen molar-refractivity contribution in [1.82, 2.24) is 15.0 Å². The van der Waals surface area contributed by atoms with Crippen molar-refractivity contribution in [2.75, 3.05) is 0 Å². The molecule has 1 heterocycles. The van der Waals surface area contributed by atoms with Gasteiger partial charge in [0.15, 0.2) is 0 Å². The lowest BCUT2D eigenvalue weighted by Crippen LogP contribution is -2.27. The highest BCUT2D eigenvalue weighted by Crippen LogP contribution is 2.27. The Morgan fingerprint density at radius 3 is 2.50 bits per heavy atom. The predicted octanol–water partition coefficient (Wildman–Crippen LogP) is 1.70. The second kappa shape index (κ2) is 4.55. The zero-order chi connectivity index (χ0) is 10.6. The molecular formula is C10H19N3O. The molecule has 0 aliphatic heterocycles. The van der Waals surface area contributed by atoms with E-state index in [-0.39, 0.29) is 0 Å². The maximum absolute atomic E-state index is 10.3. The van der Waals surface area contributed by atoms with E-state index in [1.54, 1.807) is 10.9 Å². The van der Waals surface area contributed by atoms with Crippen molar-refractivity contribution in [1.29, 1.82) is 0 Å². The first-order chi connectivity index (χ1) is 6.68. The first-order valence-electron chi connectivity index (χ1n) is 5.29. The van der Waals surface area contributed by atoms with Gasteiger partial charge in [0.2, 0.25) is 0 Å². The minimum atomic E-state index is -0.765. The van der Waals surface area contributed by atoms with Crippen molar-refractivity contribution in [2.45, 2.75) is 52.2 Å². The second-order valence-corrected chi connectivity index (χ2v) is 3.58. The minimum Gasteiger partial charge on any atom is -0.384 e. The van der Waals surface area contributed by atoms with E-state index in [1.807, 2.05) is 13.8 Å². The van der Waals surface area contributed by atoms with Crippen LogP contribution in [0.3, 0.4) is 0 Å². The molecule has 0 bridgehead atoms. The molecule has 0 unspecified atom stereocenters. The standard InChI is InChI=1S/C10H19N3O/c1-4-7-13-9(8-11-12-13)10(14,5-2)6-3/h8,14H,4-7H2,1-3H3. The van der Waals surface area contributed by atoms with Gasteiger partial charge < -0.3 is 5.11 Å². The number of aryl methyl sites for hydroxylation is 1. The summed E-state index contributed by atoms with van der Waals surface area (Å²) in [7, 11) is 0. The average Bonchev–Trinajstić information content (AvgIpc) is 2.66. The minimum absolute atomic E-state index is 0.695. The highest BCUT2D eigenvalue weighted by atomic mass is 16.3. The summed E-state index contributed by atoms with van der Waals surface area (Å²) in [6.07, 6.45) is 4.06. The molecule has 0 fully saturated rings. The normalized spacial score (nSPS) is 12.0. The molecule has 0 aliphatic carbocycles. The van der Waals surface area contributed by atoms with Crippen molar-refractivity contribution in [3.8, 4) is 0 Å². The monoisotopic (exact) mass is 197 g/mol. The van der Waals surface area contributed by atoms with E-state index in [4.69, 9.17) is 0 Å². The van der Waals surface area contributed by atoms with E-state index >= 15 is 0 Å². The molecule has 1 aromatic heterocycles. The average molecular weight is 197 g/mol. The number of hydrogen-bond acceptors (Lipinski definition) is 3. The molecule has 0 atom stereocenters. The van der Waals surface area contributed by atoms with Crippen LogP contribution in [0.2, 0.25) is 0 Å². The van der Waals surface area contributed by atoms with Gasteiger partial charge in [-0.1, -0.05) is 26.0 Å². The van der Waals surface area contributed by atoms with E-state index in [0.29, 0.717) is 12.8 Å². The maximum atomic E-state index is 10.3. The first kappa shape index (κ1) is 11.2. The van der Waals surface area contributed by atoms with Gasteiger partial charge in [-0.3, -0.25) is 0 Å². The summed E-state index contributed by atoms with van der Waals surface area (Å²) in [6, 6.07) is 0. The van der Waals surface area contributed by atoms with Gasteiger partial charge in [0.25, 0.3) is 0 Å². The Morgan fingerprint density at radius 1 is 1.36 bits per heavy atom. The van der Waals surface area contributed by atoms with Crippen LogP contribution in [0, 0.1) is 0 Å². The smallest absolute Gasteiger partial charge is 0.107 e. The SMILES string of the molecule is CCCn1nncc1C(O)(CC)CC. The summed E-state index contributed by atoms with van der Waals surface area (Å²) in [5, 5.41) is 18.1. The fraction of sp³-hybridized carbons (Fsp3) is 0.800. The van der Waals surface area contributed by atoms with E-state index in [1.165, 1.54) is 0 Å². The van der Waals surface area contributed by atoms with Crippen LogP contribution in [-0.2, 0) is 12.1 Å². The zero-order valence-corrected chi connectivity index (χ0v) is 9.19.